The fraction of sp³-hybridized carbons (Fsp3) is 0.488. The van der Waals surface area contributed by atoms with Crippen LogP contribution in [0.25, 0.3) is 0 Å². The summed E-state index contributed by atoms with van der Waals surface area (Å²) < 4.78 is 36.8. The van der Waals surface area contributed by atoms with E-state index in [9.17, 15) is 19.2 Å². The SMILES string of the molecule is COC(=O)[C@@H](OC(=O)c1ccccc1)[C@H]1C(C)(C)C(=O)[C@@H]2C[C@@]34OC2(OC(=O)c2ccccc2)[C@]1(C)[C@H]3CC[C@]1(C)[C@H]4CC(=O)O[C@H]1c1ccoc1. The van der Waals surface area contributed by atoms with Gasteiger partial charge in [0.1, 0.15) is 11.9 Å². The van der Waals surface area contributed by atoms with Gasteiger partial charge in [0.05, 0.1) is 48.7 Å². The summed E-state index contributed by atoms with van der Waals surface area (Å²) in [6.07, 6.45) is 2.17. The number of fused-ring (bicyclic) bond motifs is 2. The molecule has 3 aliphatic heterocycles. The molecule has 11 nitrogen and oxygen atoms in total. The van der Waals surface area contributed by atoms with E-state index in [1.54, 1.807) is 86.8 Å². The number of rotatable bonds is 7. The topological polar surface area (TPSA) is 145 Å². The van der Waals surface area contributed by atoms with Crippen molar-refractivity contribution in [2.75, 3.05) is 7.11 Å². The minimum Gasteiger partial charge on any atom is -0.472 e. The summed E-state index contributed by atoms with van der Waals surface area (Å²) in [5.74, 6) is -7.87. The number of carbonyl (C=O) groups is 5. The largest absolute Gasteiger partial charge is 0.472 e. The number of cyclic esters (lactones) is 1. The number of hydrogen-bond acceptors (Lipinski definition) is 11. The lowest BCUT2D eigenvalue weighted by molar-refractivity contribution is -0.287. The Morgan fingerprint density at radius 1 is 0.865 bits per heavy atom. The molecule has 272 valence electrons. The lowest BCUT2D eigenvalue weighted by Gasteiger charge is -2.65. The zero-order valence-corrected chi connectivity index (χ0v) is 29.8. The first-order valence-corrected chi connectivity index (χ1v) is 17.8. The van der Waals surface area contributed by atoms with Crippen molar-refractivity contribution in [1.82, 2.24) is 0 Å². The standard InChI is InChI=1S/C41H42O11/c1-37(2)31(30(36(46)47-5)50-34(44)23-12-8-6-9-13-23)39(4)27-16-18-38(3)28(20-29(42)49-33(38)25-17-19-48-22-25)40(27)21-26(32(37)43)41(39,52-40)51-35(45)24-14-10-7-11-15-24/h6-15,17,19,22,26-28,30-31,33H,16,18,20-21H2,1-5H3/t26-,27+,28+,30-,31-,33-,38+,39+,40+,41?/m0/s1. The van der Waals surface area contributed by atoms with Crippen LogP contribution < -0.4 is 0 Å². The number of hydrogen-bond donors (Lipinski definition) is 0. The van der Waals surface area contributed by atoms with Crippen LogP contribution in [0.1, 0.15) is 85.8 Å². The Morgan fingerprint density at radius 2 is 1.52 bits per heavy atom. The molecule has 3 aromatic rings. The third-order valence-electron chi connectivity index (χ3n) is 13.4. The van der Waals surface area contributed by atoms with E-state index in [1.807, 2.05) is 6.92 Å². The van der Waals surface area contributed by atoms with Crippen molar-refractivity contribution in [3.05, 3.63) is 95.9 Å². The van der Waals surface area contributed by atoms with Crippen LogP contribution in [0.4, 0.5) is 0 Å². The molecule has 1 aromatic heterocycles. The predicted molar refractivity (Wildman–Crippen MR) is 181 cm³/mol. The second-order valence-corrected chi connectivity index (χ2v) is 16.1. The Bertz CT molecular complexity index is 1940. The molecule has 0 N–H and O–H groups in total. The summed E-state index contributed by atoms with van der Waals surface area (Å²) in [5.41, 5.74) is -3.21. The van der Waals surface area contributed by atoms with Crippen LogP contribution in [-0.4, -0.2) is 54.3 Å². The van der Waals surface area contributed by atoms with Crippen molar-refractivity contribution in [2.45, 2.75) is 77.0 Å². The third-order valence-corrected chi connectivity index (χ3v) is 13.4. The smallest absolute Gasteiger partial charge is 0.347 e. The Balaban J connectivity index is 1.32. The van der Waals surface area contributed by atoms with E-state index in [2.05, 4.69) is 6.92 Å². The molecule has 11 heteroatoms. The fourth-order valence-corrected chi connectivity index (χ4v) is 11.4. The maximum atomic E-state index is 15.1. The van der Waals surface area contributed by atoms with Crippen LogP contribution in [0.5, 0.6) is 0 Å². The monoisotopic (exact) mass is 710 g/mol. The van der Waals surface area contributed by atoms with Crippen LogP contribution >= 0.6 is 0 Å². The number of benzene rings is 2. The van der Waals surface area contributed by atoms with E-state index < -0.39 is 87.4 Å². The van der Waals surface area contributed by atoms with Crippen molar-refractivity contribution >= 4 is 29.7 Å². The summed E-state index contributed by atoms with van der Waals surface area (Å²) in [6, 6.07) is 18.5. The van der Waals surface area contributed by atoms with Crippen molar-refractivity contribution in [3.8, 4) is 0 Å². The minimum absolute atomic E-state index is 0.0124. The molecule has 2 aromatic carbocycles. The molecule has 8 rings (SSSR count). The highest BCUT2D eigenvalue weighted by molar-refractivity contribution is 5.95. The van der Waals surface area contributed by atoms with E-state index in [4.69, 9.17) is 28.1 Å². The molecule has 3 saturated heterocycles. The molecule has 4 heterocycles. The highest BCUT2D eigenvalue weighted by Gasteiger charge is 2.89. The molecule has 1 unspecified atom stereocenters. The van der Waals surface area contributed by atoms with E-state index in [0.29, 0.717) is 18.4 Å². The summed E-state index contributed by atoms with van der Waals surface area (Å²) in [5, 5.41) is 0. The first kappa shape index (κ1) is 34.3. The number of esters is 4. The molecule has 5 aliphatic rings. The second-order valence-electron chi connectivity index (χ2n) is 16.1. The van der Waals surface area contributed by atoms with Crippen LogP contribution in [-0.2, 0) is 38.1 Å². The van der Waals surface area contributed by atoms with Gasteiger partial charge in [-0.25, -0.2) is 14.4 Å². The number of ketones is 1. The number of Topliss-reactive ketones (excluding diaryl/α,β-unsaturated/α-hetero) is 1. The zero-order chi connectivity index (χ0) is 36.8. The van der Waals surface area contributed by atoms with Crippen LogP contribution in [0.2, 0.25) is 0 Å². The van der Waals surface area contributed by atoms with Gasteiger partial charge in [-0.2, -0.15) is 0 Å². The summed E-state index contributed by atoms with van der Waals surface area (Å²) in [4.78, 5) is 70.5. The molecular weight excluding hydrogens is 668 g/mol. The van der Waals surface area contributed by atoms with Crippen LogP contribution in [0.3, 0.4) is 0 Å². The van der Waals surface area contributed by atoms with E-state index in [0.717, 1.165) is 0 Å². The van der Waals surface area contributed by atoms with Gasteiger partial charge in [-0.05, 0) is 49.6 Å². The van der Waals surface area contributed by atoms with Gasteiger partial charge in [0.25, 0.3) is 0 Å². The molecule has 2 bridgehead atoms. The molecular formula is C41H42O11. The maximum Gasteiger partial charge on any atom is 0.347 e. The van der Waals surface area contributed by atoms with Gasteiger partial charge in [0.15, 0.2) is 0 Å². The van der Waals surface area contributed by atoms with Gasteiger partial charge in [0, 0.05) is 39.6 Å². The molecule has 0 radical (unpaired) electrons. The van der Waals surface area contributed by atoms with Gasteiger partial charge in [-0.1, -0.05) is 64.1 Å². The van der Waals surface area contributed by atoms with Gasteiger partial charge >= 0.3 is 23.9 Å². The highest BCUT2D eigenvalue weighted by Crippen LogP contribution is 2.81. The van der Waals surface area contributed by atoms with Gasteiger partial charge in [0.2, 0.25) is 11.9 Å². The number of carbonyl (C=O) groups excluding carboxylic acids is 5. The van der Waals surface area contributed by atoms with Crippen molar-refractivity contribution < 1.29 is 52.1 Å². The highest BCUT2D eigenvalue weighted by atomic mass is 16.7. The summed E-state index contributed by atoms with van der Waals surface area (Å²) in [7, 11) is 1.20. The molecule has 0 amide bonds. The normalized spacial score (nSPS) is 37.2. The minimum atomic E-state index is -1.88. The second kappa shape index (κ2) is 11.6. The van der Waals surface area contributed by atoms with Crippen LogP contribution in [0.15, 0.2) is 83.7 Å². The molecule has 52 heavy (non-hydrogen) atoms. The maximum absolute atomic E-state index is 15.1. The summed E-state index contributed by atoms with van der Waals surface area (Å²) >= 11 is 0. The molecule has 2 saturated carbocycles. The first-order valence-electron chi connectivity index (χ1n) is 17.8. The molecule has 2 aliphatic carbocycles. The van der Waals surface area contributed by atoms with Crippen molar-refractivity contribution in [2.24, 2.45) is 39.9 Å². The number of methoxy groups -OCH3 is 1. The Kier molecular flexibility index (Phi) is 7.67. The quantitative estimate of drug-likeness (QED) is 0.202. The lowest BCUT2D eigenvalue weighted by Crippen LogP contribution is -2.74. The Morgan fingerprint density at radius 3 is 2.13 bits per heavy atom. The fourth-order valence-electron chi connectivity index (χ4n) is 11.4. The van der Waals surface area contributed by atoms with Gasteiger partial charge in [-0.15, -0.1) is 0 Å². The van der Waals surface area contributed by atoms with E-state index >= 15 is 4.79 Å². The first-order chi connectivity index (χ1) is 24.7. The zero-order valence-electron chi connectivity index (χ0n) is 29.8. The molecule has 5 fully saturated rings. The molecule has 1 spiro atoms. The average molecular weight is 711 g/mol. The molecule has 10 atom stereocenters. The number of furan rings is 1. The van der Waals surface area contributed by atoms with Gasteiger partial charge < -0.3 is 28.1 Å². The number of ether oxygens (including phenoxy) is 5. The lowest BCUT2D eigenvalue weighted by atomic mass is 9.37. The summed E-state index contributed by atoms with van der Waals surface area (Å²) in [6.45, 7) is 7.47. The Labute approximate surface area is 301 Å². The van der Waals surface area contributed by atoms with E-state index in [-0.39, 0.29) is 29.8 Å². The van der Waals surface area contributed by atoms with Crippen LogP contribution in [0, 0.1) is 39.9 Å². The van der Waals surface area contributed by atoms with Gasteiger partial charge in [-0.3, -0.25) is 9.59 Å². The average Bonchev–Trinajstić information content (AvgIpc) is 3.84. The third kappa shape index (κ3) is 4.44. The van der Waals surface area contributed by atoms with Crippen molar-refractivity contribution in [1.29, 1.82) is 0 Å². The van der Waals surface area contributed by atoms with Crippen molar-refractivity contribution in [3.63, 3.8) is 0 Å². The van der Waals surface area contributed by atoms with E-state index in [1.165, 1.54) is 13.4 Å². The Hall–Kier alpha value is -4.77. The predicted octanol–water partition coefficient (Wildman–Crippen LogP) is 6.27.